The van der Waals surface area contributed by atoms with E-state index in [9.17, 15) is 14.7 Å². The van der Waals surface area contributed by atoms with Gasteiger partial charge in [-0.15, -0.1) is 0 Å². The lowest BCUT2D eigenvalue weighted by atomic mass is 10.0. The minimum atomic E-state index is -0.638. The van der Waals surface area contributed by atoms with Crippen LogP contribution in [0.4, 0.5) is 4.79 Å². The Labute approximate surface area is 118 Å². The number of aliphatic hydroxyl groups excluding tert-OH is 1. The highest BCUT2D eigenvalue weighted by atomic mass is 16.6. The number of amides is 1. The molecule has 1 heterocycles. The molecule has 0 bridgehead atoms. The quantitative estimate of drug-likeness (QED) is 0.788. The molecule has 6 heteroatoms. The average Bonchev–Trinajstić information content (AvgIpc) is 2.35. The largest absolute Gasteiger partial charge is 0.509 e. The second-order valence-electron chi connectivity index (χ2n) is 5.42. The number of nitrogens with zero attached hydrogens (tertiary/aromatic N) is 1. The van der Waals surface area contributed by atoms with E-state index >= 15 is 0 Å². The summed E-state index contributed by atoms with van der Waals surface area (Å²) in [5, 5.41) is 10.1. The smallest absolute Gasteiger partial charge is 0.415 e. The lowest BCUT2D eigenvalue weighted by Gasteiger charge is -2.32. The van der Waals surface area contributed by atoms with Gasteiger partial charge in [0.2, 0.25) is 0 Å². The van der Waals surface area contributed by atoms with Crippen LogP contribution in [0.5, 0.6) is 0 Å². The fraction of sp³-hybridized carbons (Fsp3) is 0.571. The number of esters is 1. The number of rotatable bonds is 2. The molecule has 0 spiro atoms. The van der Waals surface area contributed by atoms with Gasteiger partial charge in [0.25, 0.3) is 0 Å². The molecule has 0 aliphatic carbocycles. The highest BCUT2D eigenvalue weighted by molar-refractivity contribution is 5.93. The van der Waals surface area contributed by atoms with Gasteiger partial charge < -0.3 is 14.6 Å². The lowest BCUT2D eigenvalue weighted by molar-refractivity contribution is -0.136. The Bertz CT molecular complexity index is 459. The number of carbonyl (C=O) groups excluding carboxylic acids is 2. The van der Waals surface area contributed by atoms with Crippen molar-refractivity contribution in [1.29, 1.82) is 0 Å². The van der Waals surface area contributed by atoms with E-state index in [0.29, 0.717) is 6.42 Å². The van der Waals surface area contributed by atoms with Gasteiger partial charge in [-0.25, -0.2) is 9.59 Å². The topological polar surface area (TPSA) is 76.1 Å². The Hall–Kier alpha value is -1.98. The number of aliphatic hydroxyl groups is 1. The summed E-state index contributed by atoms with van der Waals surface area (Å²) in [6.45, 7) is 7.07. The molecule has 1 N–H and O–H groups in total. The molecule has 6 nitrogen and oxygen atoms in total. The van der Waals surface area contributed by atoms with Crippen LogP contribution in [0.2, 0.25) is 0 Å². The van der Waals surface area contributed by atoms with Gasteiger partial charge in [0.05, 0.1) is 13.2 Å². The Kier molecular flexibility index (Phi) is 4.81. The first-order valence-corrected chi connectivity index (χ1v) is 6.42. The molecule has 112 valence electrons. The lowest BCUT2D eigenvalue weighted by Crippen LogP contribution is -2.43. The molecule has 1 rings (SSSR count). The van der Waals surface area contributed by atoms with Gasteiger partial charge in [0, 0.05) is 6.20 Å². The van der Waals surface area contributed by atoms with Crippen molar-refractivity contribution in [1.82, 2.24) is 4.90 Å². The minimum Gasteiger partial charge on any atom is -0.509 e. The van der Waals surface area contributed by atoms with E-state index in [1.807, 2.05) is 0 Å². The third kappa shape index (κ3) is 3.53. The molecule has 0 saturated heterocycles. The zero-order valence-electron chi connectivity index (χ0n) is 12.5. The second-order valence-corrected chi connectivity index (χ2v) is 5.42. The van der Waals surface area contributed by atoms with Crippen molar-refractivity contribution in [2.75, 3.05) is 7.11 Å². The summed E-state index contributed by atoms with van der Waals surface area (Å²) in [5.41, 5.74) is -0.579. The molecule has 0 radical (unpaired) electrons. The SMILES string of the molecule is CC[C@@H]1C(O)=C(C(=O)OC)C=CN1C(=O)OC(C)(C)C. The Morgan fingerprint density at radius 2 is 2.00 bits per heavy atom. The summed E-state index contributed by atoms with van der Waals surface area (Å²) in [6.07, 6.45) is 2.64. The predicted octanol–water partition coefficient (Wildman–Crippen LogP) is 2.51. The van der Waals surface area contributed by atoms with Gasteiger partial charge in [-0.1, -0.05) is 6.92 Å². The monoisotopic (exact) mass is 283 g/mol. The Morgan fingerprint density at radius 3 is 2.45 bits per heavy atom. The fourth-order valence-corrected chi connectivity index (χ4v) is 1.83. The van der Waals surface area contributed by atoms with Gasteiger partial charge in [-0.05, 0) is 33.3 Å². The highest BCUT2D eigenvalue weighted by Gasteiger charge is 2.33. The van der Waals surface area contributed by atoms with Crippen molar-refractivity contribution < 1.29 is 24.2 Å². The molecule has 0 aromatic carbocycles. The molecule has 1 atom stereocenters. The maximum atomic E-state index is 12.1. The third-order valence-corrected chi connectivity index (χ3v) is 2.73. The summed E-state index contributed by atoms with van der Waals surface area (Å²) < 4.78 is 9.85. The molecule has 0 aromatic rings. The van der Waals surface area contributed by atoms with E-state index in [2.05, 4.69) is 4.74 Å². The zero-order valence-corrected chi connectivity index (χ0v) is 12.5. The van der Waals surface area contributed by atoms with Gasteiger partial charge in [-0.2, -0.15) is 0 Å². The van der Waals surface area contributed by atoms with Crippen molar-refractivity contribution >= 4 is 12.1 Å². The number of carbonyl (C=O) groups is 2. The molecule has 0 aromatic heterocycles. The maximum absolute atomic E-state index is 12.1. The van der Waals surface area contributed by atoms with Gasteiger partial charge in [0.1, 0.15) is 16.9 Å². The van der Waals surface area contributed by atoms with Crippen molar-refractivity contribution in [2.45, 2.75) is 45.8 Å². The summed E-state index contributed by atoms with van der Waals surface area (Å²) >= 11 is 0. The molecule has 0 unspecified atom stereocenters. The fourth-order valence-electron chi connectivity index (χ4n) is 1.83. The van der Waals surface area contributed by atoms with Gasteiger partial charge in [0.15, 0.2) is 0 Å². The molecule has 20 heavy (non-hydrogen) atoms. The van der Waals surface area contributed by atoms with Crippen LogP contribution in [0.25, 0.3) is 0 Å². The van der Waals surface area contributed by atoms with Crippen molar-refractivity contribution in [3.05, 3.63) is 23.6 Å². The first kappa shape index (κ1) is 16.1. The molecule has 1 aliphatic rings. The Balaban J connectivity index is 3.00. The first-order valence-electron chi connectivity index (χ1n) is 6.42. The molecule has 0 saturated carbocycles. The van der Waals surface area contributed by atoms with Crippen LogP contribution in [-0.2, 0) is 14.3 Å². The number of methoxy groups -OCH3 is 1. The van der Waals surface area contributed by atoms with E-state index in [1.165, 1.54) is 24.3 Å². The van der Waals surface area contributed by atoms with E-state index in [-0.39, 0.29) is 11.3 Å². The molecule has 0 fully saturated rings. The van der Waals surface area contributed by atoms with Crippen LogP contribution in [-0.4, -0.2) is 40.8 Å². The standard InChI is InChI=1S/C14H21NO5/c1-6-10-11(16)9(12(17)19-5)7-8-15(10)13(18)20-14(2,3)4/h7-8,10,16H,6H2,1-5H3/t10-/m1/s1. The van der Waals surface area contributed by atoms with Gasteiger partial charge >= 0.3 is 12.1 Å². The van der Waals surface area contributed by atoms with Crippen LogP contribution in [0, 0.1) is 0 Å². The number of hydrogen-bond acceptors (Lipinski definition) is 5. The van der Waals surface area contributed by atoms with E-state index in [4.69, 9.17) is 4.74 Å². The van der Waals surface area contributed by atoms with Crippen molar-refractivity contribution in [3.63, 3.8) is 0 Å². The normalized spacial score (nSPS) is 19.1. The average molecular weight is 283 g/mol. The molecule has 1 aliphatic heterocycles. The van der Waals surface area contributed by atoms with Crippen LogP contribution in [0.3, 0.4) is 0 Å². The van der Waals surface area contributed by atoms with Gasteiger partial charge in [-0.3, -0.25) is 4.90 Å². The van der Waals surface area contributed by atoms with E-state index in [1.54, 1.807) is 27.7 Å². The van der Waals surface area contributed by atoms with E-state index < -0.39 is 23.7 Å². The van der Waals surface area contributed by atoms with Crippen LogP contribution in [0.15, 0.2) is 23.6 Å². The molecule has 1 amide bonds. The highest BCUT2D eigenvalue weighted by Crippen LogP contribution is 2.25. The molecular weight excluding hydrogens is 262 g/mol. The molecular formula is C14H21NO5. The van der Waals surface area contributed by atoms with Crippen molar-refractivity contribution in [3.8, 4) is 0 Å². The van der Waals surface area contributed by atoms with Crippen LogP contribution < -0.4 is 0 Å². The van der Waals surface area contributed by atoms with E-state index in [0.717, 1.165) is 0 Å². The summed E-state index contributed by atoms with van der Waals surface area (Å²) in [4.78, 5) is 24.9. The first-order chi connectivity index (χ1) is 9.21. The Morgan fingerprint density at radius 1 is 1.40 bits per heavy atom. The number of ether oxygens (including phenoxy) is 2. The summed E-state index contributed by atoms with van der Waals surface area (Å²) in [5.74, 6) is -0.825. The maximum Gasteiger partial charge on any atom is 0.415 e. The number of hydrogen-bond donors (Lipinski definition) is 1. The van der Waals surface area contributed by atoms with Crippen molar-refractivity contribution in [2.24, 2.45) is 0 Å². The van der Waals surface area contributed by atoms with Crippen LogP contribution >= 0.6 is 0 Å². The summed E-state index contributed by atoms with van der Waals surface area (Å²) in [6, 6.07) is -0.635. The summed E-state index contributed by atoms with van der Waals surface area (Å²) in [7, 11) is 1.23. The second kappa shape index (κ2) is 5.98. The third-order valence-electron chi connectivity index (χ3n) is 2.73. The predicted molar refractivity (Wildman–Crippen MR) is 73.0 cm³/mol. The van der Waals surface area contributed by atoms with Crippen LogP contribution in [0.1, 0.15) is 34.1 Å². The zero-order chi connectivity index (χ0) is 15.5. The minimum absolute atomic E-state index is 0.0548.